The maximum absolute atomic E-state index is 12.5. The fourth-order valence-corrected chi connectivity index (χ4v) is 2.97. The molecule has 2 aromatic rings. The van der Waals surface area contributed by atoms with Gasteiger partial charge in [0.15, 0.2) is 5.11 Å². The quantitative estimate of drug-likeness (QED) is 0.304. The number of thiocarbonyl (C=S) groups is 1. The topological polar surface area (TPSA) is 62.4 Å². The van der Waals surface area contributed by atoms with Crippen molar-refractivity contribution in [2.24, 2.45) is 0 Å². The third-order valence-corrected chi connectivity index (χ3v) is 4.90. The van der Waals surface area contributed by atoms with E-state index >= 15 is 0 Å². The number of anilines is 1. The van der Waals surface area contributed by atoms with E-state index < -0.39 is 15.9 Å². The summed E-state index contributed by atoms with van der Waals surface area (Å²) in [5.74, 6) is 0.0774. The molecule has 27 heavy (non-hydrogen) atoms. The predicted molar refractivity (Wildman–Crippen MR) is 118 cm³/mol. The SMILES string of the molecule is COc1cccc(C(=O)N[C@@H](NC(=S)Nc2ccccc2Br)C(Cl)(Cl)Cl)c1. The van der Waals surface area contributed by atoms with E-state index in [-0.39, 0.29) is 5.11 Å². The number of alkyl halides is 3. The van der Waals surface area contributed by atoms with E-state index in [2.05, 4.69) is 31.9 Å². The van der Waals surface area contributed by atoms with Crippen molar-refractivity contribution in [1.82, 2.24) is 10.6 Å². The number of methoxy groups -OCH3 is 1. The van der Waals surface area contributed by atoms with E-state index in [1.165, 1.54) is 7.11 Å². The lowest BCUT2D eigenvalue weighted by Crippen LogP contribution is -2.56. The molecule has 10 heteroatoms. The standard InChI is InChI=1S/C17H15BrCl3N3O2S/c1-26-11-6-4-5-10(9-11)14(25)23-15(17(19,20)21)24-16(27)22-13-8-3-2-7-12(13)18/h2-9,15H,1H3,(H,23,25)(H2,22,24,27)/t15-/m0/s1. The van der Waals surface area contributed by atoms with Gasteiger partial charge in [0.05, 0.1) is 12.8 Å². The molecule has 0 aromatic heterocycles. The van der Waals surface area contributed by atoms with Crippen LogP contribution in [-0.2, 0) is 0 Å². The lowest BCUT2D eigenvalue weighted by atomic mass is 10.2. The summed E-state index contributed by atoms with van der Waals surface area (Å²) in [6, 6.07) is 14.0. The highest BCUT2D eigenvalue weighted by atomic mass is 79.9. The first-order valence-electron chi connectivity index (χ1n) is 7.54. The molecule has 0 heterocycles. The minimum absolute atomic E-state index is 0.171. The van der Waals surface area contributed by atoms with Crippen LogP contribution in [0.5, 0.6) is 5.75 Å². The summed E-state index contributed by atoms with van der Waals surface area (Å²) in [4.78, 5) is 12.5. The van der Waals surface area contributed by atoms with E-state index in [0.717, 1.165) is 10.2 Å². The number of ether oxygens (including phenoxy) is 1. The third-order valence-electron chi connectivity index (χ3n) is 3.33. The number of carbonyl (C=O) groups excluding carboxylic acids is 1. The number of carbonyl (C=O) groups is 1. The molecule has 2 aromatic carbocycles. The van der Waals surface area contributed by atoms with Gasteiger partial charge in [0.2, 0.25) is 3.79 Å². The van der Waals surface area contributed by atoms with Gasteiger partial charge in [-0.25, -0.2) is 0 Å². The van der Waals surface area contributed by atoms with Gasteiger partial charge in [0.1, 0.15) is 11.9 Å². The largest absolute Gasteiger partial charge is 0.497 e. The van der Waals surface area contributed by atoms with Crippen molar-refractivity contribution in [2.75, 3.05) is 12.4 Å². The maximum atomic E-state index is 12.5. The molecule has 1 amide bonds. The fourth-order valence-electron chi connectivity index (χ4n) is 2.03. The van der Waals surface area contributed by atoms with Crippen LogP contribution in [0.15, 0.2) is 53.0 Å². The first kappa shape index (κ1) is 22.0. The molecule has 3 N–H and O–H groups in total. The van der Waals surface area contributed by atoms with Crippen molar-refractivity contribution >= 4 is 79.7 Å². The van der Waals surface area contributed by atoms with Crippen LogP contribution in [-0.4, -0.2) is 28.1 Å². The Morgan fingerprint density at radius 2 is 1.85 bits per heavy atom. The smallest absolute Gasteiger partial charge is 0.253 e. The molecule has 0 saturated heterocycles. The van der Waals surface area contributed by atoms with Gasteiger partial charge in [-0.15, -0.1) is 0 Å². The van der Waals surface area contributed by atoms with Crippen LogP contribution in [0, 0.1) is 0 Å². The summed E-state index contributed by atoms with van der Waals surface area (Å²) in [5, 5.41) is 8.56. The highest BCUT2D eigenvalue weighted by Gasteiger charge is 2.35. The minimum Gasteiger partial charge on any atom is -0.497 e. The molecule has 1 atom stereocenters. The Kier molecular flexibility index (Phi) is 8.00. The zero-order chi connectivity index (χ0) is 20.0. The van der Waals surface area contributed by atoms with Gasteiger partial charge in [-0.1, -0.05) is 53.0 Å². The molecule has 5 nitrogen and oxygen atoms in total. The van der Waals surface area contributed by atoms with Crippen molar-refractivity contribution in [2.45, 2.75) is 9.96 Å². The van der Waals surface area contributed by atoms with Gasteiger partial charge in [0.25, 0.3) is 5.91 Å². The number of halogens is 4. The number of nitrogens with one attached hydrogen (secondary N) is 3. The Balaban J connectivity index is 2.10. The summed E-state index contributed by atoms with van der Waals surface area (Å²) in [6.45, 7) is 0. The van der Waals surface area contributed by atoms with Crippen molar-refractivity contribution in [3.05, 3.63) is 58.6 Å². The van der Waals surface area contributed by atoms with Crippen LogP contribution < -0.4 is 20.7 Å². The van der Waals surface area contributed by atoms with Crippen LogP contribution in [0.3, 0.4) is 0 Å². The predicted octanol–water partition coefficient (Wildman–Crippen LogP) is 4.87. The maximum Gasteiger partial charge on any atom is 0.253 e. The average Bonchev–Trinajstić information content (AvgIpc) is 2.62. The van der Waals surface area contributed by atoms with Crippen molar-refractivity contribution in [3.8, 4) is 5.75 Å². The lowest BCUT2D eigenvalue weighted by Gasteiger charge is -2.28. The van der Waals surface area contributed by atoms with E-state index in [0.29, 0.717) is 11.3 Å². The van der Waals surface area contributed by atoms with Crippen LogP contribution >= 0.6 is 63.0 Å². The van der Waals surface area contributed by atoms with E-state index in [4.69, 9.17) is 51.8 Å². The van der Waals surface area contributed by atoms with Crippen molar-refractivity contribution < 1.29 is 9.53 Å². The van der Waals surface area contributed by atoms with Crippen LogP contribution in [0.1, 0.15) is 10.4 Å². The minimum atomic E-state index is -1.85. The lowest BCUT2D eigenvalue weighted by molar-refractivity contribution is 0.0934. The Morgan fingerprint density at radius 1 is 1.15 bits per heavy atom. The summed E-state index contributed by atoms with van der Waals surface area (Å²) in [7, 11) is 1.51. The highest BCUT2D eigenvalue weighted by molar-refractivity contribution is 9.10. The number of amides is 1. The Hall–Kier alpha value is -1.25. The summed E-state index contributed by atoms with van der Waals surface area (Å²) >= 11 is 26.7. The summed E-state index contributed by atoms with van der Waals surface area (Å²) in [5.41, 5.74) is 1.07. The summed E-state index contributed by atoms with van der Waals surface area (Å²) < 4.78 is 4.06. The second kappa shape index (κ2) is 9.80. The first-order valence-corrected chi connectivity index (χ1v) is 9.88. The number of hydrogen-bond donors (Lipinski definition) is 3. The molecule has 0 unspecified atom stereocenters. The van der Waals surface area contributed by atoms with Gasteiger partial charge in [-0.05, 0) is 58.5 Å². The van der Waals surface area contributed by atoms with E-state index in [1.54, 1.807) is 24.3 Å². The first-order chi connectivity index (χ1) is 12.7. The van der Waals surface area contributed by atoms with Crippen LogP contribution in [0.4, 0.5) is 5.69 Å². The molecular formula is C17H15BrCl3N3O2S. The van der Waals surface area contributed by atoms with E-state index in [1.807, 2.05) is 24.3 Å². The second-order valence-electron chi connectivity index (χ2n) is 5.26. The van der Waals surface area contributed by atoms with Gasteiger partial charge < -0.3 is 20.7 Å². The molecule has 2 rings (SSSR count). The van der Waals surface area contributed by atoms with Gasteiger partial charge >= 0.3 is 0 Å². The molecule has 0 bridgehead atoms. The molecule has 0 aliphatic heterocycles. The molecule has 0 radical (unpaired) electrons. The molecule has 0 aliphatic carbocycles. The normalized spacial score (nSPS) is 12.0. The van der Waals surface area contributed by atoms with Gasteiger partial charge in [-0.3, -0.25) is 4.79 Å². The monoisotopic (exact) mass is 509 g/mol. The zero-order valence-corrected chi connectivity index (χ0v) is 18.6. The zero-order valence-electron chi connectivity index (χ0n) is 13.9. The van der Waals surface area contributed by atoms with Crippen molar-refractivity contribution in [1.29, 1.82) is 0 Å². The molecule has 0 spiro atoms. The number of hydrogen-bond acceptors (Lipinski definition) is 3. The highest BCUT2D eigenvalue weighted by Crippen LogP contribution is 2.29. The Morgan fingerprint density at radius 3 is 2.48 bits per heavy atom. The van der Waals surface area contributed by atoms with Crippen molar-refractivity contribution in [3.63, 3.8) is 0 Å². The number of rotatable bonds is 5. The van der Waals surface area contributed by atoms with E-state index in [9.17, 15) is 4.79 Å². The number of para-hydroxylation sites is 1. The molecule has 0 fully saturated rings. The van der Waals surface area contributed by atoms with Gasteiger partial charge in [-0.2, -0.15) is 0 Å². The molecule has 0 saturated carbocycles. The summed E-state index contributed by atoms with van der Waals surface area (Å²) in [6.07, 6.45) is -1.08. The molecular weight excluding hydrogens is 497 g/mol. The Labute approximate surface area is 185 Å². The van der Waals surface area contributed by atoms with Crippen LogP contribution in [0.25, 0.3) is 0 Å². The molecule has 144 valence electrons. The fraction of sp³-hybridized carbons (Fsp3) is 0.176. The van der Waals surface area contributed by atoms with Crippen LogP contribution in [0.2, 0.25) is 0 Å². The molecule has 0 aliphatic rings. The Bertz CT molecular complexity index is 833. The second-order valence-corrected chi connectivity index (χ2v) is 8.89. The third kappa shape index (κ3) is 6.69. The van der Waals surface area contributed by atoms with Gasteiger partial charge in [0, 0.05) is 10.0 Å². The number of benzene rings is 2. The average molecular weight is 512 g/mol.